The molecule has 242 valence electrons. The highest BCUT2D eigenvalue weighted by Crippen LogP contribution is 2.58. The van der Waals surface area contributed by atoms with Crippen LogP contribution in [0.4, 0.5) is 0 Å². The van der Waals surface area contributed by atoms with Gasteiger partial charge in [0.2, 0.25) is 0 Å². The monoisotopic (exact) mass is 624 g/mol. The van der Waals surface area contributed by atoms with Gasteiger partial charge in [-0.15, -0.1) is 0 Å². The Morgan fingerprint density at radius 1 is 1.02 bits per heavy atom. The third-order valence-corrected chi connectivity index (χ3v) is 12.4. The van der Waals surface area contributed by atoms with Gasteiger partial charge in [-0.05, 0) is 70.5 Å². The maximum Gasteiger partial charge on any atom is 0.324 e. The van der Waals surface area contributed by atoms with Crippen molar-refractivity contribution in [2.45, 2.75) is 158 Å². The Bertz CT molecular complexity index is 889. The molecule has 42 heavy (non-hydrogen) atoms. The van der Waals surface area contributed by atoms with Crippen molar-refractivity contribution in [3.8, 4) is 0 Å². The van der Waals surface area contributed by atoms with Gasteiger partial charge in [-0.25, -0.2) is 0 Å². The highest BCUT2D eigenvalue weighted by Gasteiger charge is 2.53. The largest absolute Gasteiger partial charge is 0.403 e. The second-order valence-corrected chi connectivity index (χ2v) is 19.4. The van der Waals surface area contributed by atoms with E-state index in [0.717, 1.165) is 38.5 Å². The first kappa shape index (κ1) is 38.8. The minimum atomic E-state index is -3.73. The average molecular weight is 625 g/mol. The molecule has 1 heterocycles. The van der Waals surface area contributed by atoms with Crippen LogP contribution in [0.1, 0.15) is 134 Å². The van der Waals surface area contributed by atoms with Crippen molar-refractivity contribution in [1.82, 2.24) is 0 Å². The normalized spacial score (nSPS) is 32.9. The molecule has 2 rings (SSSR count). The van der Waals surface area contributed by atoms with E-state index in [2.05, 4.69) is 76.2 Å². The zero-order valence-corrected chi connectivity index (χ0v) is 30.5. The lowest BCUT2D eigenvalue weighted by Gasteiger charge is -2.48. The highest BCUT2D eigenvalue weighted by atomic mass is 32.5. The summed E-state index contributed by atoms with van der Waals surface area (Å²) in [5.41, 5.74) is -0.472. The van der Waals surface area contributed by atoms with Crippen molar-refractivity contribution < 1.29 is 23.8 Å². The Balaban J connectivity index is 2.37. The molecule has 2 aliphatic rings. The van der Waals surface area contributed by atoms with Crippen LogP contribution in [0.15, 0.2) is 0 Å². The van der Waals surface area contributed by atoms with E-state index >= 15 is 0 Å². The second kappa shape index (κ2) is 15.0. The van der Waals surface area contributed by atoms with Crippen LogP contribution in [0.3, 0.4) is 0 Å². The number of hydrogen-bond acceptors (Lipinski definition) is 5. The number of aliphatic hydroxyl groups is 1. The van der Waals surface area contributed by atoms with Crippen LogP contribution in [0, 0.1) is 45.3 Å². The van der Waals surface area contributed by atoms with E-state index < -0.39 is 30.7 Å². The minimum Gasteiger partial charge on any atom is -0.403 e. The first-order chi connectivity index (χ1) is 19.1. The van der Waals surface area contributed by atoms with Crippen molar-refractivity contribution in [2.75, 3.05) is 6.61 Å². The van der Waals surface area contributed by atoms with Gasteiger partial charge < -0.3 is 23.8 Å². The van der Waals surface area contributed by atoms with E-state index in [0.29, 0.717) is 0 Å². The number of hydrogen-bond donors (Lipinski definition) is 2. The van der Waals surface area contributed by atoms with Crippen LogP contribution in [-0.4, -0.2) is 56.5 Å². The molecule has 2 fully saturated rings. The average Bonchev–Trinajstić information content (AvgIpc) is 3.39. The van der Waals surface area contributed by atoms with Gasteiger partial charge in [0.1, 0.15) is 15.7 Å². The van der Waals surface area contributed by atoms with Crippen LogP contribution in [0.25, 0.3) is 0 Å². The zero-order chi connectivity index (χ0) is 32.3. The van der Waals surface area contributed by atoms with Crippen molar-refractivity contribution in [3.05, 3.63) is 0 Å². The van der Waals surface area contributed by atoms with E-state index in [1.165, 1.54) is 19.3 Å². The molecule has 1 aliphatic heterocycles. The molecule has 1 aliphatic carbocycles. The molecule has 10 atom stereocenters. The first-order valence-electron chi connectivity index (χ1n) is 16.6. The van der Waals surface area contributed by atoms with Crippen LogP contribution < -0.4 is 0 Å². The van der Waals surface area contributed by atoms with Crippen molar-refractivity contribution in [1.29, 1.82) is 0 Å². The highest BCUT2D eigenvalue weighted by molar-refractivity contribution is 8.07. The third-order valence-electron chi connectivity index (χ3n) is 10.8. The van der Waals surface area contributed by atoms with Crippen molar-refractivity contribution in [2.24, 2.45) is 45.3 Å². The fourth-order valence-electron chi connectivity index (χ4n) is 8.24. The second-order valence-electron chi connectivity index (χ2n) is 16.6. The van der Waals surface area contributed by atoms with Gasteiger partial charge in [0.05, 0.1) is 18.8 Å². The lowest BCUT2D eigenvalue weighted by Crippen LogP contribution is -2.49. The van der Waals surface area contributed by atoms with Gasteiger partial charge in [0.25, 0.3) is 0 Å². The van der Waals surface area contributed by atoms with Gasteiger partial charge in [-0.3, -0.25) is 0 Å². The van der Waals surface area contributed by atoms with Gasteiger partial charge in [0.15, 0.2) is 0 Å². The van der Waals surface area contributed by atoms with Gasteiger partial charge in [-0.1, -0.05) is 115 Å². The van der Waals surface area contributed by atoms with E-state index in [4.69, 9.17) is 41.3 Å². The van der Waals surface area contributed by atoms with Crippen molar-refractivity contribution >= 4 is 34.2 Å². The van der Waals surface area contributed by atoms with Gasteiger partial charge in [-0.2, -0.15) is 0 Å². The molecule has 5 nitrogen and oxygen atoms in total. The van der Waals surface area contributed by atoms with E-state index in [1.54, 1.807) is 0 Å². The third kappa shape index (κ3) is 9.79. The van der Waals surface area contributed by atoms with E-state index in [9.17, 15) is 10.00 Å². The Morgan fingerprint density at radius 3 is 2.12 bits per heavy atom. The maximum absolute atomic E-state index is 11.6. The van der Waals surface area contributed by atoms with Crippen molar-refractivity contribution in [3.63, 3.8) is 0 Å². The zero-order valence-electron chi connectivity index (χ0n) is 28.8. The summed E-state index contributed by atoms with van der Waals surface area (Å²) in [7, 11) is 12.9. The van der Waals surface area contributed by atoms with Crippen LogP contribution in [-0.2, 0) is 25.6 Å². The van der Waals surface area contributed by atoms with E-state index in [1.807, 2.05) is 0 Å². The lowest BCUT2D eigenvalue weighted by molar-refractivity contribution is -0.0699. The molecular formula is C33H63B2O5PS. The van der Waals surface area contributed by atoms with Crippen LogP contribution >= 0.6 is 6.72 Å². The van der Waals surface area contributed by atoms with Gasteiger partial charge >= 0.3 is 6.72 Å². The molecule has 0 amide bonds. The van der Waals surface area contributed by atoms with Gasteiger partial charge in [0, 0.05) is 17.9 Å². The molecular weight excluding hydrogens is 561 g/mol. The van der Waals surface area contributed by atoms with Crippen LogP contribution in [0.2, 0.25) is 0 Å². The topological polar surface area (TPSA) is 68.2 Å². The quantitative estimate of drug-likeness (QED) is 0.109. The smallest absolute Gasteiger partial charge is 0.324 e. The summed E-state index contributed by atoms with van der Waals surface area (Å²) in [5, 5.41) is 11.0. The molecule has 0 bridgehead atoms. The number of ether oxygens (including phenoxy) is 1. The summed E-state index contributed by atoms with van der Waals surface area (Å²) in [5.74, 6) is -0.0834. The molecule has 10 unspecified atom stereocenters. The first-order valence-corrected chi connectivity index (χ1v) is 19.2. The SMILES string of the molecule is [B]C(O)C(C(OP(O)(=S)OCC1OC([B])C(C(C)(C)C)C1C(C)(C)C)C1CCCC1(C)CCCCCC)C(C)(C)CC. The predicted molar refractivity (Wildman–Crippen MR) is 181 cm³/mol. The Hall–Kier alpha value is 0.580. The molecule has 0 spiro atoms. The lowest BCUT2D eigenvalue weighted by atomic mass is 9.59. The van der Waals surface area contributed by atoms with E-state index in [-0.39, 0.29) is 52.1 Å². The maximum atomic E-state index is 11.6. The number of unbranched alkanes of at least 4 members (excludes halogenated alkanes) is 3. The Kier molecular flexibility index (Phi) is 13.8. The molecule has 4 radical (unpaired) electrons. The predicted octanol–water partition coefficient (Wildman–Crippen LogP) is 8.14. The summed E-state index contributed by atoms with van der Waals surface area (Å²) in [6.07, 6.45) is 8.97. The Labute approximate surface area is 267 Å². The molecule has 0 aromatic carbocycles. The number of aliphatic hydroxyl groups excluding tert-OH is 1. The fraction of sp³-hybridized carbons (Fsp3) is 1.00. The molecule has 9 heteroatoms. The molecule has 0 aromatic rings. The standard InChI is InChI=1S/C33H63B2O5PS/c1-12-14-15-16-19-33(11)20-17-18-22(33)27(26(28(34)36)32(9,10)13-2)40-41(37,42)38-21-23-24(30(3,4)5)25(29(35)39-23)31(6,7)8/h22-29,36H,12-21H2,1-11H3,(H,37,42). The summed E-state index contributed by atoms with van der Waals surface area (Å²) in [4.78, 5) is 11.6. The Morgan fingerprint density at radius 2 is 1.62 bits per heavy atom. The number of rotatable bonds is 15. The summed E-state index contributed by atoms with van der Waals surface area (Å²) in [6, 6.07) is -1.54. The minimum absolute atomic E-state index is 0.0172. The fourth-order valence-corrected chi connectivity index (χ4v) is 9.70. The summed E-state index contributed by atoms with van der Waals surface area (Å²) >= 11 is 5.73. The summed E-state index contributed by atoms with van der Waals surface area (Å²) in [6.45, 7) is 20.5. The molecule has 1 saturated carbocycles. The molecule has 1 saturated heterocycles. The molecule has 0 aromatic heterocycles. The molecule has 2 N–H and O–H groups in total. The van der Waals surface area contributed by atoms with Crippen LogP contribution in [0.5, 0.6) is 0 Å². The summed E-state index contributed by atoms with van der Waals surface area (Å²) < 4.78 is 19.0.